The smallest absolute Gasteiger partial charge is 0.191 e. The van der Waals surface area contributed by atoms with Gasteiger partial charge < -0.3 is 20.1 Å². The van der Waals surface area contributed by atoms with Crippen LogP contribution in [0.2, 0.25) is 0 Å². The van der Waals surface area contributed by atoms with Gasteiger partial charge in [-0.05, 0) is 39.3 Å². The second-order valence-corrected chi connectivity index (χ2v) is 7.47. The van der Waals surface area contributed by atoms with E-state index in [0.717, 1.165) is 42.7 Å². The number of aromatic nitrogens is 1. The first-order chi connectivity index (χ1) is 12.6. The minimum absolute atomic E-state index is 0.543. The van der Waals surface area contributed by atoms with Crippen molar-refractivity contribution in [1.82, 2.24) is 20.7 Å². The molecular weight excluding hydrogens is 326 g/mol. The predicted molar refractivity (Wildman–Crippen MR) is 108 cm³/mol. The van der Waals surface area contributed by atoms with Gasteiger partial charge in [0.1, 0.15) is 5.76 Å². The van der Waals surface area contributed by atoms with Crippen molar-refractivity contribution in [2.75, 3.05) is 27.7 Å². The minimum Gasteiger partial charge on any atom is -0.361 e. The first-order valence-corrected chi connectivity index (χ1v) is 10.2. The standard InChI is InChI=1S/C20H37N5O/c1-6-17-16(19(7-2)26-24-17)13-22-20(21-3)23-14-18(25(4)5)15-11-9-8-10-12-15/h15,18H,6-14H2,1-5H3,(H2,21,22,23). The number of aliphatic imine (C=N–C) groups is 1. The highest BCUT2D eigenvalue weighted by Crippen LogP contribution is 2.28. The van der Waals surface area contributed by atoms with E-state index in [1.807, 2.05) is 7.05 Å². The van der Waals surface area contributed by atoms with E-state index in [1.54, 1.807) is 0 Å². The molecule has 0 aromatic carbocycles. The second kappa shape index (κ2) is 10.6. The Hall–Kier alpha value is -1.56. The molecule has 1 heterocycles. The lowest BCUT2D eigenvalue weighted by atomic mass is 9.83. The van der Waals surface area contributed by atoms with Gasteiger partial charge in [0.2, 0.25) is 0 Å². The molecule has 0 aliphatic heterocycles. The Morgan fingerprint density at radius 3 is 2.50 bits per heavy atom. The molecule has 26 heavy (non-hydrogen) atoms. The highest BCUT2D eigenvalue weighted by molar-refractivity contribution is 5.79. The molecule has 2 rings (SSSR count). The summed E-state index contributed by atoms with van der Waals surface area (Å²) in [6.45, 7) is 5.83. The van der Waals surface area contributed by atoms with E-state index in [9.17, 15) is 0 Å². The van der Waals surface area contributed by atoms with Gasteiger partial charge in [-0.15, -0.1) is 0 Å². The van der Waals surface area contributed by atoms with Gasteiger partial charge in [0.15, 0.2) is 5.96 Å². The van der Waals surface area contributed by atoms with Crippen LogP contribution >= 0.6 is 0 Å². The van der Waals surface area contributed by atoms with Crippen LogP contribution in [-0.2, 0) is 19.4 Å². The van der Waals surface area contributed by atoms with Crippen LogP contribution in [0.3, 0.4) is 0 Å². The molecule has 148 valence electrons. The average molecular weight is 364 g/mol. The van der Waals surface area contributed by atoms with E-state index in [1.165, 1.54) is 37.7 Å². The van der Waals surface area contributed by atoms with Crippen molar-refractivity contribution in [3.63, 3.8) is 0 Å². The lowest BCUT2D eigenvalue weighted by molar-refractivity contribution is 0.171. The maximum absolute atomic E-state index is 5.45. The molecule has 6 nitrogen and oxygen atoms in total. The summed E-state index contributed by atoms with van der Waals surface area (Å²) in [7, 11) is 6.21. The summed E-state index contributed by atoms with van der Waals surface area (Å²) in [5, 5.41) is 11.2. The molecule has 1 aliphatic carbocycles. The summed E-state index contributed by atoms with van der Waals surface area (Å²) in [6.07, 6.45) is 8.57. The fourth-order valence-corrected chi connectivity index (χ4v) is 4.02. The molecule has 1 aliphatic rings. The van der Waals surface area contributed by atoms with E-state index in [4.69, 9.17) is 4.52 Å². The number of hydrogen-bond acceptors (Lipinski definition) is 4. The fraction of sp³-hybridized carbons (Fsp3) is 0.800. The van der Waals surface area contributed by atoms with E-state index >= 15 is 0 Å². The Kier molecular flexibility index (Phi) is 8.42. The van der Waals surface area contributed by atoms with Crippen molar-refractivity contribution >= 4 is 5.96 Å². The number of rotatable bonds is 8. The van der Waals surface area contributed by atoms with Gasteiger partial charge in [-0.2, -0.15) is 0 Å². The highest BCUT2D eigenvalue weighted by Gasteiger charge is 2.25. The molecule has 1 unspecified atom stereocenters. The molecular formula is C20H37N5O. The zero-order valence-corrected chi connectivity index (χ0v) is 17.3. The fourth-order valence-electron chi connectivity index (χ4n) is 4.02. The van der Waals surface area contributed by atoms with E-state index < -0.39 is 0 Å². The van der Waals surface area contributed by atoms with Crippen molar-refractivity contribution in [2.45, 2.75) is 71.4 Å². The third-order valence-corrected chi connectivity index (χ3v) is 5.60. The zero-order valence-electron chi connectivity index (χ0n) is 17.3. The maximum Gasteiger partial charge on any atom is 0.191 e. The number of guanidine groups is 1. The molecule has 1 aromatic heterocycles. The van der Waals surface area contributed by atoms with Gasteiger partial charge in [-0.25, -0.2) is 0 Å². The van der Waals surface area contributed by atoms with E-state index in [2.05, 4.69) is 53.6 Å². The molecule has 0 amide bonds. The summed E-state index contributed by atoms with van der Waals surface area (Å²) in [5.74, 6) is 2.59. The first kappa shape index (κ1) is 20.7. The largest absolute Gasteiger partial charge is 0.361 e. The lowest BCUT2D eigenvalue weighted by Crippen LogP contribution is -2.48. The molecule has 1 atom stereocenters. The minimum atomic E-state index is 0.543. The SMILES string of the molecule is CCc1noc(CC)c1CNC(=NC)NCC(C1CCCCC1)N(C)C. The van der Waals surface area contributed by atoms with Crippen molar-refractivity contribution < 1.29 is 4.52 Å². The van der Waals surface area contributed by atoms with Crippen LogP contribution in [0.4, 0.5) is 0 Å². The monoisotopic (exact) mass is 363 g/mol. The Balaban J connectivity index is 1.91. The van der Waals surface area contributed by atoms with E-state index in [0.29, 0.717) is 12.6 Å². The molecule has 0 radical (unpaired) electrons. The van der Waals surface area contributed by atoms with Gasteiger partial charge in [0, 0.05) is 38.2 Å². The van der Waals surface area contributed by atoms with Crippen LogP contribution in [0.25, 0.3) is 0 Å². The van der Waals surface area contributed by atoms with Crippen LogP contribution in [0.5, 0.6) is 0 Å². The number of hydrogen-bond donors (Lipinski definition) is 2. The summed E-state index contributed by atoms with van der Waals surface area (Å²) in [6, 6.07) is 0.543. The molecule has 0 saturated heterocycles. The molecule has 1 saturated carbocycles. The van der Waals surface area contributed by atoms with Crippen molar-refractivity contribution in [3.05, 3.63) is 17.0 Å². The van der Waals surface area contributed by atoms with Gasteiger partial charge in [-0.1, -0.05) is 38.3 Å². The molecule has 1 fully saturated rings. The molecule has 2 N–H and O–H groups in total. The summed E-state index contributed by atoms with van der Waals surface area (Å²) in [4.78, 5) is 6.76. The summed E-state index contributed by atoms with van der Waals surface area (Å²) >= 11 is 0. The number of nitrogens with zero attached hydrogens (tertiary/aromatic N) is 3. The van der Waals surface area contributed by atoms with Gasteiger partial charge in [0.25, 0.3) is 0 Å². The van der Waals surface area contributed by atoms with E-state index in [-0.39, 0.29) is 0 Å². The Morgan fingerprint density at radius 2 is 1.92 bits per heavy atom. The van der Waals surface area contributed by atoms with Gasteiger partial charge in [0.05, 0.1) is 5.69 Å². The molecule has 1 aromatic rings. The second-order valence-electron chi connectivity index (χ2n) is 7.47. The predicted octanol–water partition coefficient (Wildman–Crippen LogP) is 2.97. The van der Waals surface area contributed by atoms with Crippen molar-refractivity contribution in [2.24, 2.45) is 10.9 Å². The molecule has 0 bridgehead atoms. The zero-order chi connectivity index (χ0) is 18.9. The van der Waals surface area contributed by atoms with Gasteiger partial charge >= 0.3 is 0 Å². The topological polar surface area (TPSA) is 65.7 Å². The lowest BCUT2D eigenvalue weighted by Gasteiger charge is -2.35. The first-order valence-electron chi connectivity index (χ1n) is 10.2. The Bertz CT molecular complexity index is 539. The van der Waals surface area contributed by atoms with Crippen molar-refractivity contribution in [3.8, 4) is 0 Å². The van der Waals surface area contributed by atoms with Gasteiger partial charge in [-0.3, -0.25) is 4.99 Å². The van der Waals surface area contributed by atoms with Crippen LogP contribution in [0.1, 0.15) is 63.0 Å². The van der Waals surface area contributed by atoms with Crippen LogP contribution in [0.15, 0.2) is 9.52 Å². The average Bonchev–Trinajstić information content (AvgIpc) is 3.07. The number of aryl methyl sites for hydroxylation is 2. The molecule has 0 spiro atoms. The van der Waals surface area contributed by atoms with Crippen LogP contribution < -0.4 is 10.6 Å². The quantitative estimate of drug-likeness (QED) is 0.549. The summed E-state index contributed by atoms with van der Waals surface area (Å²) < 4.78 is 5.45. The number of nitrogens with one attached hydrogen (secondary N) is 2. The normalized spacial score (nSPS) is 17.5. The Morgan fingerprint density at radius 1 is 1.19 bits per heavy atom. The maximum atomic E-state index is 5.45. The Labute approximate surface area is 158 Å². The third kappa shape index (κ3) is 5.47. The third-order valence-electron chi connectivity index (χ3n) is 5.60. The highest BCUT2D eigenvalue weighted by atomic mass is 16.5. The number of likely N-dealkylation sites (N-methyl/N-ethyl adjacent to an activating group) is 1. The van der Waals surface area contributed by atoms with Crippen molar-refractivity contribution in [1.29, 1.82) is 0 Å². The summed E-state index contributed by atoms with van der Waals surface area (Å²) in [5.41, 5.74) is 2.22. The van der Waals surface area contributed by atoms with Crippen LogP contribution in [-0.4, -0.2) is 49.7 Å². The van der Waals surface area contributed by atoms with Crippen LogP contribution in [0, 0.1) is 5.92 Å². The molecule has 6 heteroatoms.